The van der Waals surface area contributed by atoms with Gasteiger partial charge in [-0.25, -0.2) is 18.1 Å². The fourth-order valence-corrected chi connectivity index (χ4v) is 6.90. The topological polar surface area (TPSA) is 0 Å². The maximum Gasteiger partial charge on any atom is 4.00 e. The zero-order valence-electron chi connectivity index (χ0n) is 18.9. The zero-order chi connectivity index (χ0) is 20.9. The van der Waals surface area contributed by atoms with Gasteiger partial charge in [0.25, 0.3) is 0 Å². The van der Waals surface area contributed by atoms with Gasteiger partial charge >= 0.3 is 21.7 Å². The molecule has 0 N–H and O–H groups in total. The number of benzene rings is 3. The van der Waals surface area contributed by atoms with Crippen LogP contribution in [0.15, 0.2) is 121 Å². The second-order valence-corrected chi connectivity index (χ2v) is 10.4. The normalized spacial score (nSPS) is 15.4. The standard InChI is InChI=1S/C21H16P.C9H11.2ClH.Ti/c1-3-11-19(12-4-1)22(20-13-5-2-6-14-20)21-15-17-9-7-8-10-18(17)16-21;1-2-5-9-7-3-6-8(9)4-1;;;/h1-16H;1-2,4,6,9H,3,5,7H2;2*1H;/q2*-1;;;+4/p-2. The number of allylic oxidation sites excluding steroid dienone is 4. The summed E-state index contributed by atoms with van der Waals surface area (Å²) in [5.41, 5.74) is 1.58. The fraction of sp³-hybridized carbons (Fsp3) is 0.133. The Hall–Kier alpha value is -1.66. The van der Waals surface area contributed by atoms with E-state index in [-0.39, 0.29) is 46.5 Å². The molecule has 4 aromatic carbocycles. The van der Waals surface area contributed by atoms with E-state index in [0.29, 0.717) is 0 Å². The molecule has 4 aromatic rings. The second kappa shape index (κ2) is 14.0. The molecule has 0 amide bonds. The Morgan fingerprint density at radius 1 is 0.765 bits per heavy atom. The van der Waals surface area contributed by atoms with Crippen molar-refractivity contribution in [1.29, 1.82) is 0 Å². The van der Waals surface area contributed by atoms with Crippen molar-refractivity contribution >= 4 is 34.6 Å². The van der Waals surface area contributed by atoms with Crippen LogP contribution in [0, 0.1) is 12.3 Å². The average Bonchev–Trinajstić information content (AvgIpc) is 3.48. The molecular weight excluding hydrogens is 510 g/mol. The first kappa shape index (κ1) is 28.6. The Bertz CT molecular complexity index is 1130. The summed E-state index contributed by atoms with van der Waals surface area (Å²) in [6, 6.07) is 35.0. The SMILES string of the molecule is C1=CCC2CC[CH-]C2=C1.[Cl-].[Cl-].[Ti+4].c1ccc(P(c2ccccc2)c2cc3ccccc3[cH-]2)cc1. The van der Waals surface area contributed by atoms with Crippen LogP contribution < -0.4 is 40.7 Å². The van der Waals surface area contributed by atoms with Crippen LogP contribution in [0.4, 0.5) is 0 Å². The van der Waals surface area contributed by atoms with Gasteiger partial charge in [0.15, 0.2) is 0 Å². The molecular formula is C30H27Cl2PTi. The molecule has 0 spiro atoms. The smallest absolute Gasteiger partial charge is 1.00 e. The minimum atomic E-state index is -0.493. The molecule has 6 rings (SSSR count). The first-order valence-electron chi connectivity index (χ1n) is 11.1. The Kier molecular flexibility index (Phi) is 11.8. The third-order valence-corrected chi connectivity index (χ3v) is 8.51. The van der Waals surface area contributed by atoms with Crippen molar-refractivity contribution in [2.45, 2.75) is 19.3 Å². The number of rotatable bonds is 3. The molecule has 1 saturated carbocycles. The van der Waals surface area contributed by atoms with Crippen LogP contribution in [-0.2, 0) is 21.7 Å². The van der Waals surface area contributed by atoms with Crippen LogP contribution in [0.25, 0.3) is 10.8 Å². The third-order valence-electron chi connectivity index (χ3n) is 6.10. The van der Waals surface area contributed by atoms with Gasteiger partial charge in [-0.3, -0.25) is 0 Å². The molecule has 0 aromatic heterocycles. The molecule has 0 bridgehead atoms. The van der Waals surface area contributed by atoms with Gasteiger partial charge in [-0.15, -0.1) is 58.9 Å². The van der Waals surface area contributed by atoms with Crippen LogP contribution >= 0.6 is 7.92 Å². The van der Waals surface area contributed by atoms with Crippen LogP contribution in [-0.4, -0.2) is 0 Å². The summed E-state index contributed by atoms with van der Waals surface area (Å²) in [6.45, 7) is 0. The largest absolute Gasteiger partial charge is 4.00 e. The number of fused-ring (bicyclic) bond motifs is 2. The second-order valence-electron chi connectivity index (χ2n) is 8.16. The molecule has 2 aliphatic carbocycles. The van der Waals surface area contributed by atoms with E-state index in [2.05, 4.69) is 122 Å². The summed E-state index contributed by atoms with van der Waals surface area (Å²) < 4.78 is 0. The summed E-state index contributed by atoms with van der Waals surface area (Å²) in [5.74, 6) is 0.884. The van der Waals surface area contributed by atoms with Crippen LogP contribution in [0.2, 0.25) is 0 Å². The Balaban J connectivity index is 0.000000290. The Morgan fingerprint density at radius 2 is 1.38 bits per heavy atom. The van der Waals surface area contributed by atoms with Crippen molar-refractivity contribution in [3.63, 3.8) is 0 Å². The third kappa shape index (κ3) is 6.72. The van der Waals surface area contributed by atoms with Gasteiger partial charge in [0, 0.05) is 0 Å². The number of halogens is 2. The minimum absolute atomic E-state index is 0. The van der Waals surface area contributed by atoms with Gasteiger partial charge < -0.3 is 24.8 Å². The molecule has 4 heteroatoms. The van der Waals surface area contributed by atoms with Crippen molar-refractivity contribution in [1.82, 2.24) is 0 Å². The van der Waals surface area contributed by atoms with Crippen molar-refractivity contribution in [2.75, 3.05) is 0 Å². The van der Waals surface area contributed by atoms with Crippen molar-refractivity contribution in [3.8, 4) is 0 Å². The molecule has 1 fully saturated rings. The summed E-state index contributed by atoms with van der Waals surface area (Å²) in [4.78, 5) is 0. The zero-order valence-corrected chi connectivity index (χ0v) is 22.9. The Morgan fingerprint density at radius 3 is 2.00 bits per heavy atom. The molecule has 1 unspecified atom stereocenters. The van der Waals surface area contributed by atoms with E-state index in [1.807, 2.05) is 0 Å². The maximum absolute atomic E-state index is 2.37. The Labute approximate surface area is 232 Å². The number of hydrogen-bond donors (Lipinski definition) is 0. The van der Waals surface area contributed by atoms with Crippen LogP contribution in [0.5, 0.6) is 0 Å². The monoisotopic (exact) mass is 536 g/mol. The first-order chi connectivity index (χ1) is 15.4. The van der Waals surface area contributed by atoms with E-state index in [9.17, 15) is 0 Å². The predicted molar refractivity (Wildman–Crippen MR) is 137 cm³/mol. The van der Waals surface area contributed by atoms with Crippen molar-refractivity contribution in [2.24, 2.45) is 5.92 Å². The van der Waals surface area contributed by atoms with E-state index in [1.165, 1.54) is 45.9 Å². The van der Waals surface area contributed by atoms with E-state index < -0.39 is 7.92 Å². The molecule has 170 valence electrons. The first-order valence-corrected chi connectivity index (χ1v) is 12.5. The minimum Gasteiger partial charge on any atom is -1.00 e. The molecule has 34 heavy (non-hydrogen) atoms. The summed E-state index contributed by atoms with van der Waals surface area (Å²) in [5, 5.41) is 6.89. The summed E-state index contributed by atoms with van der Waals surface area (Å²) in [6.07, 6.45) is 13.0. The van der Waals surface area contributed by atoms with E-state index in [4.69, 9.17) is 0 Å². The molecule has 2 aliphatic rings. The van der Waals surface area contributed by atoms with Crippen LogP contribution in [0.3, 0.4) is 0 Å². The van der Waals surface area contributed by atoms with Crippen molar-refractivity contribution in [3.05, 3.63) is 127 Å². The molecule has 0 nitrogen and oxygen atoms in total. The van der Waals surface area contributed by atoms with Gasteiger partial charge in [0.2, 0.25) is 0 Å². The molecule has 0 aliphatic heterocycles. The predicted octanol–water partition coefficient (Wildman–Crippen LogP) is 0.809. The molecule has 1 atom stereocenters. The number of hydrogen-bond acceptors (Lipinski definition) is 0. The summed E-state index contributed by atoms with van der Waals surface area (Å²) >= 11 is 0. The molecule has 0 heterocycles. The van der Waals surface area contributed by atoms with E-state index in [0.717, 1.165) is 5.92 Å². The molecule has 0 saturated heterocycles. The van der Waals surface area contributed by atoms with E-state index >= 15 is 0 Å². The molecule has 0 radical (unpaired) electrons. The van der Waals surface area contributed by atoms with Gasteiger partial charge in [-0.1, -0.05) is 73.2 Å². The van der Waals surface area contributed by atoms with Gasteiger partial charge in [0.1, 0.15) is 0 Å². The van der Waals surface area contributed by atoms with Gasteiger partial charge in [0.05, 0.1) is 0 Å². The van der Waals surface area contributed by atoms with Crippen LogP contribution in [0.1, 0.15) is 19.3 Å². The van der Waals surface area contributed by atoms with Crippen molar-refractivity contribution < 1.29 is 46.5 Å². The fourth-order valence-electron chi connectivity index (χ4n) is 4.53. The van der Waals surface area contributed by atoms with Gasteiger partial charge in [-0.2, -0.15) is 6.07 Å². The van der Waals surface area contributed by atoms with E-state index in [1.54, 1.807) is 5.57 Å². The average molecular weight is 537 g/mol. The van der Waals surface area contributed by atoms with Gasteiger partial charge in [-0.05, 0) is 30.9 Å². The maximum atomic E-state index is 2.37. The summed E-state index contributed by atoms with van der Waals surface area (Å²) in [7, 11) is -0.493. The quantitative estimate of drug-likeness (QED) is 0.206.